The highest BCUT2D eigenvalue weighted by Crippen LogP contribution is 2.42. The van der Waals surface area contributed by atoms with Crippen molar-refractivity contribution < 1.29 is 4.74 Å². The summed E-state index contributed by atoms with van der Waals surface area (Å²) in [5.41, 5.74) is -0.203. The van der Waals surface area contributed by atoms with Crippen LogP contribution >= 0.6 is 11.3 Å². The molecule has 1 aromatic rings. The van der Waals surface area contributed by atoms with Gasteiger partial charge in [-0.1, -0.05) is 6.07 Å². The van der Waals surface area contributed by atoms with Crippen LogP contribution in [0.5, 0.6) is 0 Å². The van der Waals surface area contributed by atoms with E-state index in [1.165, 1.54) is 4.88 Å². The van der Waals surface area contributed by atoms with Crippen molar-refractivity contribution >= 4 is 11.3 Å². The molecule has 1 aliphatic heterocycles. The van der Waals surface area contributed by atoms with Gasteiger partial charge in [0, 0.05) is 29.9 Å². The standard InChI is InChI=1S/C17H30N2OS/c1-16(2)14(15(18-5)17(3,4)20-16)12-19(6)10-9-13-8-7-11-21-13/h7-8,11,14-15,18H,9-10,12H2,1-6H3. The summed E-state index contributed by atoms with van der Waals surface area (Å²) in [5, 5.41) is 5.64. The average molecular weight is 311 g/mol. The van der Waals surface area contributed by atoms with Gasteiger partial charge in [-0.25, -0.2) is 0 Å². The van der Waals surface area contributed by atoms with Gasteiger partial charge in [0.2, 0.25) is 0 Å². The predicted octanol–water partition coefficient (Wildman–Crippen LogP) is 3.01. The highest BCUT2D eigenvalue weighted by Gasteiger charge is 2.53. The van der Waals surface area contributed by atoms with E-state index in [1.807, 2.05) is 11.3 Å². The van der Waals surface area contributed by atoms with Crippen LogP contribution in [-0.4, -0.2) is 49.3 Å². The second kappa shape index (κ2) is 6.37. The maximum atomic E-state index is 6.32. The van der Waals surface area contributed by atoms with Gasteiger partial charge < -0.3 is 15.0 Å². The molecule has 2 atom stereocenters. The van der Waals surface area contributed by atoms with Crippen LogP contribution < -0.4 is 5.32 Å². The summed E-state index contributed by atoms with van der Waals surface area (Å²) in [5.74, 6) is 0.492. The van der Waals surface area contributed by atoms with Gasteiger partial charge in [0.25, 0.3) is 0 Å². The van der Waals surface area contributed by atoms with Gasteiger partial charge in [-0.15, -0.1) is 11.3 Å². The second-order valence-electron chi connectivity index (χ2n) is 7.27. The molecule has 4 heteroatoms. The minimum absolute atomic E-state index is 0.0889. The molecular formula is C17H30N2OS. The van der Waals surface area contributed by atoms with Gasteiger partial charge in [0.05, 0.1) is 11.2 Å². The molecule has 0 radical (unpaired) electrons. The van der Waals surface area contributed by atoms with Gasteiger partial charge in [0.1, 0.15) is 0 Å². The maximum absolute atomic E-state index is 6.32. The highest BCUT2D eigenvalue weighted by atomic mass is 32.1. The number of hydrogen-bond acceptors (Lipinski definition) is 4. The Hall–Kier alpha value is -0.420. The molecule has 2 rings (SSSR count). The average Bonchev–Trinajstić information content (AvgIpc) is 2.92. The van der Waals surface area contributed by atoms with Crippen LogP contribution in [0.25, 0.3) is 0 Å². The Labute approximate surface area is 133 Å². The summed E-state index contributed by atoms with van der Waals surface area (Å²) in [7, 11) is 4.28. The lowest BCUT2D eigenvalue weighted by atomic mass is 9.82. The SMILES string of the molecule is CNC1C(CN(C)CCc2cccs2)C(C)(C)OC1(C)C. The first-order chi connectivity index (χ1) is 9.76. The Morgan fingerprint density at radius 3 is 2.57 bits per heavy atom. The Kier molecular flexibility index (Phi) is 5.14. The van der Waals surface area contributed by atoms with Crippen LogP contribution in [0.2, 0.25) is 0 Å². The fourth-order valence-corrected chi connectivity index (χ4v) is 4.46. The van der Waals surface area contributed by atoms with E-state index >= 15 is 0 Å². The van der Waals surface area contributed by atoms with E-state index in [9.17, 15) is 0 Å². The number of ether oxygens (including phenoxy) is 1. The van der Waals surface area contributed by atoms with Gasteiger partial charge in [-0.2, -0.15) is 0 Å². The normalized spacial score (nSPS) is 27.4. The molecule has 1 aromatic heterocycles. The molecule has 120 valence electrons. The molecule has 0 aliphatic carbocycles. The molecule has 1 N–H and O–H groups in total. The molecule has 0 bridgehead atoms. The van der Waals surface area contributed by atoms with Crippen molar-refractivity contribution in [3.8, 4) is 0 Å². The summed E-state index contributed by atoms with van der Waals surface area (Å²) < 4.78 is 6.32. The maximum Gasteiger partial charge on any atom is 0.0790 e. The predicted molar refractivity (Wildman–Crippen MR) is 91.1 cm³/mol. The first-order valence-electron chi connectivity index (χ1n) is 7.84. The van der Waals surface area contributed by atoms with Crippen LogP contribution in [0, 0.1) is 5.92 Å². The minimum Gasteiger partial charge on any atom is -0.368 e. The lowest BCUT2D eigenvalue weighted by molar-refractivity contribution is -0.0790. The van der Waals surface area contributed by atoms with Gasteiger partial charge in [-0.3, -0.25) is 0 Å². The van der Waals surface area contributed by atoms with Crippen LogP contribution in [-0.2, 0) is 11.2 Å². The summed E-state index contributed by atoms with van der Waals surface area (Å²) in [4.78, 5) is 3.91. The minimum atomic E-state index is -0.114. The number of likely N-dealkylation sites (N-methyl/N-ethyl adjacent to an activating group) is 2. The fourth-order valence-electron chi connectivity index (χ4n) is 3.76. The van der Waals surface area contributed by atoms with Crippen molar-refractivity contribution in [1.29, 1.82) is 0 Å². The molecular weight excluding hydrogens is 280 g/mol. The van der Waals surface area contributed by atoms with E-state index in [1.54, 1.807) is 0 Å². The topological polar surface area (TPSA) is 24.5 Å². The van der Waals surface area contributed by atoms with Crippen molar-refractivity contribution in [3.63, 3.8) is 0 Å². The van der Waals surface area contributed by atoms with Crippen LogP contribution in [0.1, 0.15) is 32.6 Å². The Morgan fingerprint density at radius 2 is 2.00 bits per heavy atom. The van der Waals surface area contributed by atoms with Crippen molar-refractivity contribution in [1.82, 2.24) is 10.2 Å². The lowest BCUT2D eigenvalue weighted by Gasteiger charge is -2.32. The van der Waals surface area contributed by atoms with Crippen LogP contribution in [0.3, 0.4) is 0 Å². The van der Waals surface area contributed by atoms with Gasteiger partial charge in [0.15, 0.2) is 0 Å². The second-order valence-corrected chi connectivity index (χ2v) is 8.31. The molecule has 1 saturated heterocycles. The van der Waals surface area contributed by atoms with Gasteiger partial charge >= 0.3 is 0 Å². The fraction of sp³-hybridized carbons (Fsp3) is 0.765. The molecule has 0 amide bonds. The summed E-state index contributed by atoms with van der Waals surface area (Å²) >= 11 is 1.85. The molecule has 0 aromatic carbocycles. The quantitative estimate of drug-likeness (QED) is 0.874. The van der Waals surface area contributed by atoms with E-state index in [-0.39, 0.29) is 11.2 Å². The zero-order chi connectivity index (χ0) is 15.7. The third kappa shape index (κ3) is 3.86. The third-order valence-electron chi connectivity index (χ3n) is 4.71. The zero-order valence-electron chi connectivity index (χ0n) is 14.3. The van der Waals surface area contributed by atoms with Crippen molar-refractivity contribution in [2.24, 2.45) is 5.92 Å². The van der Waals surface area contributed by atoms with E-state index in [0.29, 0.717) is 12.0 Å². The first-order valence-corrected chi connectivity index (χ1v) is 8.72. The smallest absolute Gasteiger partial charge is 0.0790 e. The summed E-state index contributed by atoms with van der Waals surface area (Å²) in [6.07, 6.45) is 1.13. The number of hydrogen-bond donors (Lipinski definition) is 1. The molecule has 3 nitrogen and oxygen atoms in total. The summed E-state index contributed by atoms with van der Waals surface area (Å²) in [6.45, 7) is 11.0. The highest BCUT2D eigenvalue weighted by molar-refractivity contribution is 7.09. The van der Waals surface area contributed by atoms with Gasteiger partial charge in [-0.05, 0) is 59.7 Å². The molecule has 0 spiro atoms. The van der Waals surface area contributed by atoms with E-state index in [2.05, 4.69) is 69.5 Å². The van der Waals surface area contributed by atoms with Crippen LogP contribution in [0.4, 0.5) is 0 Å². The molecule has 1 aliphatic rings. The third-order valence-corrected chi connectivity index (χ3v) is 5.65. The molecule has 2 heterocycles. The zero-order valence-corrected chi connectivity index (χ0v) is 15.1. The van der Waals surface area contributed by atoms with E-state index in [0.717, 1.165) is 19.5 Å². The number of rotatable bonds is 6. The monoisotopic (exact) mass is 310 g/mol. The Morgan fingerprint density at radius 1 is 1.29 bits per heavy atom. The molecule has 0 saturated carbocycles. The van der Waals surface area contributed by atoms with E-state index in [4.69, 9.17) is 4.74 Å². The van der Waals surface area contributed by atoms with Crippen molar-refractivity contribution in [2.45, 2.75) is 51.4 Å². The number of nitrogens with one attached hydrogen (secondary N) is 1. The Balaban J connectivity index is 1.96. The largest absolute Gasteiger partial charge is 0.368 e. The lowest BCUT2D eigenvalue weighted by Crippen LogP contribution is -2.49. The van der Waals surface area contributed by atoms with E-state index < -0.39 is 0 Å². The molecule has 1 fully saturated rings. The first kappa shape index (κ1) is 16.9. The number of nitrogens with zero attached hydrogens (tertiary/aromatic N) is 1. The van der Waals surface area contributed by atoms with Crippen molar-refractivity contribution in [3.05, 3.63) is 22.4 Å². The number of thiophene rings is 1. The summed E-state index contributed by atoms with van der Waals surface area (Å²) in [6, 6.07) is 4.74. The Bertz CT molecular complexity index is 442. The molecule has 2 unspecified atom stereocenters. The van der Waals surface area contributed by atoms with Crippen molar-refractivity contribution in [2.75, 3.05) is 27.2 Å². The van der Waals surface area contributed by atoms with Crippen LogP contribution in [0.15, 0.2) is 17.5 Å². The molecule has 21 heavy (non-hydrogen) atoms.